The number of rotatable bonds is 6. The summed E-state index contributed by atoms with van der Waals surface area (Å²) in [4.78, 5) is 29.6. The normalized spacial score (nSPS) is 13.0. The smallest absolute Gasteiger partial charge is 0.252 e. The summed E-state index contributed by atoms with van der Waals surface area (Å²) in [5, 5.41) is 2.73. The average Bonchev–Trinajstić information content (AvgIpc) is 2.36. The first-order chi connectivity index (χ1) is 9.26. The van der Waals surface area contributed by atoms with Crippen molar-refractivity contribution in [3.8, 4) is 0 Å². The highest BCUT2D eigenvalue weighted by Gasteiger charge is 2.30. The van der Waals surface area contributed by atoms with Gasteiger partial charge in [-0.1, -0.05) is 0 Å². The van der Waals surface area contributed by atoms with E-state index < -0.39 is 6.04 Å². The van der Waals surface area contributed by atoms with Crippen molar-refractivity contribution < 1.29 is 4.79 Å². The minimum atomic E-state index is -0.606. The highest BCUT2D eigenvalue weighted by molar-refractivity contribution is 8.00. The molecule has 0 saturated carbocycles. The molecule has 1 heterocycles. The fourth-order valence-corrected chi connectivity index (χ4v) is 1.86. The highest BCUT2D eigenvalue weighted by atomic mass is 32.2. The van der Waals surface area contributed by atoms with Crippen molar-refractivity contribution in [3.05, 3.63) is 22.2 Å². The van der Waals surface area contributed by atoms with E-state index in [1.54, 1.807) is 0 Å². The number of nitrogen functional groups attached to an aromatic ring is 1. The van der Waals surface area contributed by atoms with Gasteiger partial charge in [-0.15, -0.1) is 0 Å². The molecule has 20 heavy (non-hydrogen) atoms. The molecule has 0 unspecified atom stereocenters. The van der Waals surface area contributed by atoms with E-state index in [9.17, 15) is 9.59 Å². The summed E-state index contributed by atoms with van der Waals surface area (Å²) in [7, 11) is 0. The van der Waals surface area contributed by atoms with Gasteiger partial charge in [-0.05, 0) is 20.1 Å². The number of nitrogens with zero attached hydrogens (tertiary/aromatic N) is 1. The number of carbonyl (C=O) groups is 1. The summed E-state index contributed by atoms with van der Waals surface area (Å²) in [5.41, 5.74) is 11.1. The number of aromatic amines is 1. The topological polar surface area (TPSA) is 127 Å². The van der Waals surface area contributed by atoms with Crippen molar-refractivity contribution in [2.75, 3.05) is 18.5 Å². The largest absolute Gasteiger partial charge is 0.383 e. The molecule has 7 nitrogen and oxygen atoms in total. The number of anilines is 1. The fourth-order valence-electron chi connectivity index (χ4n) is 1.50. The lowest BCUT2D eigenvalue weighted by molar-refractivity contribution is -0.122. The predicted molar refractivity (Wildman–Crippen MR) is 81.6 cm³/mol. The summed E-state index contributed by atoms with van der Waals surface area (Å²) >= 11 is 1.54. The highest BCUT2D eigenvalue weighted by Crippen LogP contribution is 2.24. The van der Waals surface area contributed by atoms with Crippen LogP contribution in [0.1, 0.15) is 19.7 Å². The molecule has 1 aromatic heterocycles. The molecule has 0 fully saturated rings. The number of hydrogen-bond donors (Lipinski definition) is 4. The standard InChI is InChI=1S/C12H21N5O2S/c1-12(2,20-3)10(14)11(19)15-5-4-8-16-7(13)6-9(18)17-8/h6,10H,4-5,14H2,1-3H3,(H,15,19)(H3,13,16,17,18)/t10-/m1/s1. The molecule has 0 saturated heterocycles. The van der Waals surface area contributed by atoms with Crippen LogP contribution < -0.4 is 22.3 Å². The van der Waals surface area contributed by atoms with Crippen molar-refractivity contribution >= 4 is 23.5 Å². The zero-order valence-electron chi connectivity index (χ0n) is 11.9. The van der Waals surface area contributed by atoms with Gasteiger partial charge >= 0.3 is 0 Å². The molecule has 0 aliphatic carbocycles. The second-order valence-corrected chi connectivity index (χ2v) is 6.40. The van der Waals surface area contributed by atoms with E-state index in [1.807, 2.05) is 20.1 Å². The maximum absolute atomic E-state index is 11.9. The van der Waals surface area contributed by atoms with Crippen LogP contribution in [-0.4, -0.2) is 39.5 Å². The Labute approximate surface area is 121 Å². The molecule has 0 bridgehead atoms. The molecule has 112 valence electrons. The van der Waals surface area contributed by atoms with Gasteiger partial charge in [-0.3, -0.25) is 9.59 Å². The number of H-pyrrole nitrogens is 1. The molecule has 1 rings (SSSR count). The van der Waals surface area contributed by atoms with Crippen LogP contribution in [0, 0.1) is 0 Å². The molecule has 0 radical (unpaired) electrons. The molecule has 8 heteroatoms. The van der Waals surface area contributed by atoms with E-state index in [-0.39, 0.29) is 22.0 Å². The monoisotopic (exact) mass is 299 g/mol. The first kappa shape index (κ1) is 16.5. The van der Waals surface area contributed by atoms with E-state index in [2.05, 4.69) is 15.3 Å². The Kier molecular flexibility index (Phi) is 5.58. The van der Waals surface area contributed by atoms with Gasteiger partial charge in [0.15, 0.2) is 0 Å². The van der Waals surface area contributed by atoms with E-state index in [1.165, 1.54) is 17.8 Å². The summed E-state index contributed by atoms with van der Waals surface area (Å²) in [6.45, 7) is 4.17. The zero-order valence-corrected chi connectivity index (χ0v) is 12.7. The number of hydrogen-bond acceptors (Lipinski definition) is 6. The first-order valence-corrected chi connectivity index (χ1v) is 7.43. The number of carbonyl (C=O) groups excluding carboxylic acids is 1. The van der Waals surface area contributed by atoms with Gasteiger partial charge in [0.1, 0.15) is 11.6 Å². The zero-order chi connectivity index (χ0) is 15.3. The Hall–Kier alpha value is -1.54. The number of nitrogens with two attached hydrogens (primary N) is 2. The molecular formula is C12H21N5O2S. The summed E-state index contributed by atoms with van der Waals surface area (Å²) in [6, 6.07) is 0.601. The lowest BCUT2D eigenvalue weighted by Gasteiger charge is -2.28. The third kappa shape index (κ3) is 4.53. The maximum Gasteiger partial charge on any atom is 0.252 e. The van der Waals surface area contributed by atoms with E-state index in [0.29, 0.717) is 18.8 Å². The summed E-state index contributed by atoms with van der Waals surface area (Å²) in [6.07, 6.45) is 2.30. The average molecular weight is 299 g/mol. The first-order valence-electron chi connectivity index (χ1n) is 6.20. The van der Waals surface area contributed by atoms with Crippen molar-refractivity contribution in [3.63, 3.8) is 0 Å². The van der Waals surface area contributed by atoms with Gasteiger partial charge in [-0.2, -0.15) is 11.8 Å². The predicted octanol–water partition coefficient (Wildman–Crippen LogP) is -0.520. The maximum atomic E-state index is 11.9. The van der Waals surface area contributed by atoms with Crippen LogP contribution in [0.2, 0.25) is 0 Å². The third-order valence-electron chi connectivity index (χ3n) is 3.03. The number of aromatic nitrogens is 2. The molecule has 0 aromatic carbocycles. The summed E-state index contributed by atoms with van der Waals surface area (Å²) in [5.74, 6) is 0.374. The molecule has 0 aliphatic rings. The van der Waals surface area contributed by atoms with E-state index in [0.717, 1.165) is 0 Å². The Morgan fingerprint density at radius 1 is 1.60 bits per heavy atom. The van der Waals surface area contributed by atoms with Crippen molar-refractivity contribution in [1.82, 2.24) is 15.3 Å². The summed E-state index contributed by atoms with van der Waals surface area (Å²) < 4.78 is -0.339. The Bertz CT molecular complexity index is 529. The second kappa shape index (κ2) is 6.76. The van der Waals surface area contributed by atoms with Gasteiger partial charge in [0, 0.05) is 23.8 Å². The van der Waals surface area contributed by atoms with Gasteiger partial charge < -0.3 is 21.8 Å². The van der Waals surface area contributed by atoms with Crippen LogP contribution >= 0.6 is 11.8 Å². The van der Waals surface area contributed by atoms with Crippen LogP contribution in [0.5, 0.6) is 0 Å². The SMILES string of the molecule is CSC(C)(C)[C@H](N)C(=O)NCCc1nc(N)cc(=O)[nH]1. The minimum absolute atomic E-state index is 0.162. The van der Waals surface area contributed by atoms with Gasteiger partial charge in [0.25, 0.3) is 5.56 Å². The minimum Gasteiger partial charge on any atom is -0.383 e. The molecule has 1 amide bonds. The van der Waals surface area contributed by atoms with Gasteiger partial charge in [0.2, 0.25) is 5.91 Å². The van der Waals surface area contributed by atoms with Crippen molar-refractivity contribution in [2.24, 2.45) is 5.73 Å². The quantitative estimate of drug-likeness (QED) is 0.560. The van der Waals surface area contributed by atoms with Gasteiger partial charge in [-0.25, -0.2) is 4.98 Å². The van der Waals surface area contributed by atoms with Crippen molar-refractivity contribution in [2.45, 2.75) is 31.1 Å². The lowest BCUT2D eigenvalue weighted by atomic mass is 10.0. The molecule has 0 aliphatic heterocycles. The molecule has 6 N–H and O–H groups in total. The lowest BCUT2D eigenvalue weighted by Crippen LogP contribution is -2.52. The molecule has 1 atom stereocenters. The Morgan fingerprint density at radius 2 is 2.25 bits per heavy atom. The molecule has 0 spiro atoms. The van der Waals surface area contributed by atoms with E-state index in [4.69, 9.17) is 11.5 Å². The molecular weight excluding hydrogens is 278 g/mol. The van der Waals surface area contributed by atoms with Crippen LogP contribution in [0.15, 0.2) is 10.9 Å². The van der Waals surface area contributed by atoms with Crippen LogP contribution in [0.4, 0.5) is 5.82 Å². The number of nitrogens with one attached hydrogen (secondary N) is 2. The van der Waals surface area contributed by atoms with Crippen molar-refractivity contribution in [1.29, 1.82) is 0 Å². The van der Waals surface area contributed by atoms with Crippen LogP contribution in [0.3, 0.4) is 0 Å². The molecule has 1 aromatic rings. The Morgan fingerprint density at radius 3 is 2.80 bits per heavy atom. The van der Waals surface area contributed by atoms with E-state index >= 15 is 0 Å². The van der Waals surface area contributed by atoms with Gasteiger partial charge in [0.05, 0.1) is 6.04 Å². The second-order valence-electron chi connectivity index (χ2n) is 4.94. The fraction of sp³-hybridized carbons (Fsp3) is 0.583. The third-order valence-corrected chi connectivity index (χ3v) is 4.34. The van der Waals surface area contributed by atoms with Crippen LogP contribution in [0.25, 0.3) is 0 Å². The number of thioether (sulfide) groups is 1. The Balaban J connectivity index is 2.52. The number of amides is 1. The van der Waals surface area contributed by atoms with Crippen LogP contribution in [-0.2, 0) is 11.2 Å².